The Bertz CT molecular complexity index is 975. The molecular formula is C26H35N5O3. The Morgan fingerprint density at radius 3 is 2.44 bits per heavy atom. The minimum Gasteiger partial charge on any atom is -0.497 e. The van der Waals surface area contributed by atoms with Gasteiger partial charge in [0.2, 0.25) is 11.8 Å². The molecule has 1 aliphatic carbocycles. The van der Waals surface area contributed by atoms with Crippen molar-refractivity contribution in [3.05, 3.63) is 36.4 Å². The molecule has 0 spiro atoms. The summed E-state index contributed by atoms with van der Waals surface area (Å²) in [4.78, 5) is 31.7. The molecule has 1 atom stereocenters. The molecule has 0 N–H and O–H groups in total. The molecule has 1 aromatic heterocycles. The molecular weight excluding hydrogens is 430 g/mol. The van der Waals surface area contributed by atoms with E-state index >= 15 is 0 Å². The second-order valence-corrected chi connectivity index (χ2v) is 9.22. The molecule has 8 heteroatoms. The van der Waals surface area contributed by atoms with Gasteiger partial charge >= 0.3 is 0 Å². The third-order valence-electron chi connectivity index (χ3n) is 6.85. The Hall–Kier alpha value is -3.16. The molecule has 1 aromatic carbocycles. The number of aromatic nitrogens is 2. The topological polar surface area (TPSA) is 78.9 Å². The number of carbonyl (C=O) groups excluding carboxylic acids is 2. The van der Waals surface area contributed by atoms with Gasteiger partial charge in [0.1, 0.15) is 5.75 Å². The van der Waals surface area contributed by atoms with Crippen LogP contribution in [0.4, 0.5) is 5.82 Å². The Balaban J connectivity index is 1.35. The lowest BCUT2D eigenvalue weighted by Crippen LogP contribution is -2.47. The molecule has 0 unspecified atom stereocenters. The summed E-state index contributed by atoms with van der Waals surface area (Å²) in [5, 5.41) is 8.87. The summed E-state index contributed by atoms with van der Waals surface area (Å²) in [7, 11) is 1.65. The van der Waals surface area contributed by atoms with Crippen molar-refractivity contribution >= 4 is 17.6 Å². The van der Waals surface area contributed by atoms with Crippen LogP contribution < -0.4 is 9.64 Å². The van der Waals surface area contributed by atoms with Gasteiger partial charge in [0.25, 0.3) is 0 Å². The maximum Gasteiger partial charge on any atom is 0.242 e. The number of anilines is 1. The number of methoxy groups -OCH3 is 1. The van der Waals surface area contributed by atoms with Crippen LogP contribution in [0.15, 0.2) is 36.4 Å². The number of hydrogen-bond donors (Lipinski definition) is 0. The largest absolute Gasteiger partial charge is 0.497 e. The van der Waals surface area contributed by atoms with Crippen LogP contribution in [0, 0.1) is 5.92 Å². The first-order chi connectivity index (χ1) is 16.5. The smallest absolute Gasteiger partial charge is 0.242 e. The summed E-state index contributed by atoms with van der Waals surface area (Å²) in [5.74, 6) is 1.93. The molecule has 2 amide bonds. The van der Waals surface area contributed by atoms with Gasteiger partial charge in [-0.25, -0.2) is 0 Å². The van der Waals surface area contributed by atoms with Crippen LogP contribution in [0.1, 0.15) is 39.5 Å². The molecule has 1 saturated carbocycles. The van der Waals surface area contributed by atoms with E-state index in [0.29, 0.717) is 19.6 Å². The third kappa shape index (κ3) is 5.66. The Labute approximate surface area is 201 Å². The highest BCUT2D eigenvalue weighted by atomic mass is 16.5. The summed E-state index contributed by atoms with van der Waals surface area (Å²) in [6, 6.07) is 11.8. The van der Waals surface area contributed by atoms with Crippen LogP contribution in [0.25, 0.3) is 11.3 Å². The van der Waals surface area contributed by atoms with Gasteiger partial charge in [-0.3, -0.25) is 9.59 Å². The van der Waals surface area contributed by atoms with Crippen molar-refractivity contribution in [2.24, 2.45) is 5.92 Å². The zero-order valence-electron chi connectivity index (χ0n) is 20.4. The fourth-order valence-electron chi connectivity index (χ4n) is 4.29. The van der Waals surface area contributed by atoms with Gasteiger partial charge in [-0.2, -0.15) is 0 Å². The van der Waals surface area contributed by atoms with Crippen molar-refractivity contribution in [2.45, 2.75) is 45.6 Å². The highest BCUT2D eigenvalue weighted by molar-refractivity contribution is 5.87. The van der Waals surface area contributed by atoms with Crippen molar-refractivity contribution in [1.29, 1.82) is 0 Å². The van der Waals surface area contributed by atoms with E-state index in [9.17, 15) is 9.59 Å². The van der Waals surface area contributed by atoms with E-state index in [1.807, 2.05) is 48.2 Å². The number of hydrogen-bond acceptors (Lipinski definition) is 6. The minimum atomic E-state index is 0.0390. The van der Waals surface area contributed by atoms with E-state index in [4.69, 9.17) is 4.74 Å². The molecule has 34 heavy (non-hydrogen) atoms. The van der Waals surface area contributed by atoms with E-state index < -0.39 is 0 Å². The Morgan fingerprint density at radius 2 is 1.82 bits per heavy atom. The van der Waals surface area contributed by atoms with E-state index in [-0.39, 0.29) is 30.3 Å². The standard InChI is InChI=1S/C26H35N5O3/c1-4-19(2)31(26(33)21-6-7-21)18-25(32)30-15-5-14-29(16-17-30)24-13-12-23(27-28-24)20-8-10-22(34-3)11-9-20/h8-13,19,21H,4-7,14-18H2,1-3H3/t19-/m0/s1. The summed E-state index contributed by atoms with van der Waals surface area (Å²) < 4.78 is 5.21. The van der Waals surface area contributed by atoms with Crippen molar-refractivity contribution in [3.8, 4) is 17.0 Å². The highest BCUT2D eigenvalue weighted by Gasteiger charge is 2.36. The molecule has 2 aliphatic rings. The van der Waals surface area contributed by atoms with Crippen LogP contribution in [-0.2, 0) is 9.59 Å². The van der Waals surface area contributed by atoms with Gasteiger partial charge in [0, 0.05) is 43.7 Å². The minimum absolute atomic E-state index is 0.0390. The summed E-state index contributed by atoms with van der Waals surface area (Å²) in [6.45, 7) is 7.10. The predicted molar refractivity (Wildman–Crippen MR) is 132 cm³/mol. The van der Waals surface area contributed by atoms with Gasteiger partial charge in [0.15, 0.2) is 5.82 Å². The summed E-state index contributed by atoms with van der Waals surface area (Å²) in [5.41, 5.74) is 1.79. The van der Waals surface area contributed by atoms with Crippen molar-refractivity contribution in [2.75, 3.05) is 44.7 Å². The third-order valence-corrected chi connectivity index (χ3v) is 6.85. The maximum atomic E-state index is 13.1. The zero-order chi connectivity index (χ0) is 24.1. The van der Waals surface area contributed by atoms with Crippen molar-refractivity contribution in [1.82, 2.24) is 20.0 Å². The van der Waals surface area contributed by atoms with Crippen molar-refractivity contribution in [3.63, 3.8) is 0 Å². The van der Waals surface area contributed by atoms with Crippen LogP contribution in [0.3, 0.4) is 0 Å². The number of ether oxygens (including phenoxy) is 1. The number of benzene rings is 1. The van der Waals surface area contributed by atoms with Crippen LogP contribution in [-0.4, -0.2) is 77.7 Å². The van der Waals surface area contributed by atoms with Crippen LogP contribution >= 0.6 is 0 Å². The predicted octanol–water partition coefficient (Wildman–Crippen LogP) is 3.23. The first-order valence-corrected chi connectivity index (χ1v) is 12.3. The van der Waals surface area contributed by atoms with E-state index in [0.717, 1.165) is 55.1 Å². The van der Waals surface area contributed by atoms with Crippen molar-refractivity contribution < 1.29 is 14.3 Å². The fraction of sp³-hybridized carbons (Fsp3) is 0.538. The Kier molecular flexibility index (Phi) is 7.65. The van der Waals surface area contributed by atoms with Gasteiger partial charge in [-0.05, 0) is 69.0 Å². The van der Waals surface area contributed by atoms with Crippen LogP contribution in [0.5, 0.6) is 5.75 Å². The summed E-state index contributed by atoms with van der Waals surface area (Å²) >= 11 is 0. The van der Waals surface area contributed by atoms with E-state index in [1.165, 1.54) is 0 Å². The molecule has 2 aromatic rings. The quantitative estimate of drug-likeness (QED) is 0.596. The molecule has 8 nitrogen and oxygen atoms in total. The molecule has 2 heterocycles. The molecule has 2 fully saturated rings. The first kappa shape index (κ1) is 24.0. The maximum absolute atomic E-state index is 13.1. The van der Waals surface area contributed by atoms with Gasteiger partial charge in [-0.1, -0.05) is 6.92 Å². The Morgan fingerprint density at radius 1 is 1.06 bits per heavy atom. The lowest BCUT2D eigenvalue weighted by molar-refractivity contribution is -0.143. The number of carbonyl (C=O) groups is 2. The second-order valence-electron chi connectivity index (χ2n) is 9.22. The zero-order valence-corrected chi connectivity index (χ0v) is 20.4. The second kappa shape index (κ2) is 10.8. The number of nitrogens with zero attached hydrogens (tertiary/aromatic N) is 5. The lowest BCUT2D eigenvalue weighted by Gasteiger charge is -2.31. The lowest BCUT2D eigenvalue weighted by atomic mass is 10.1. The fourth-order valence-corrected chi connectivity index (χ4v) is 4.29. The SMILES string of the molecule is CC[C@H](C)N(CC(=O)N1CCCN(c2ccc(-c3ccc(OC)cc3)nn2)CC1)C(=O)C1CC1. The first-order valence-electron chi connectivity index (χ1n) is 12.3. The molecule has 0 radical (unpaired) electrons. The van der Waals surface area contributed by atoms with Gasteiger partial charge < -0.3 is 19.4 Å². The molecule has 182 valence electrons. The highest BCUT2D eigenvalue weighted by Crippen LogP contribution is 2.32. The molecule has 4 rings (SSSR count). The average molecular weight is 466 g/mol. The number of rotatable bonds is 8. The van der Waals surface area contributed by atoms with Crippen LogP contribution in [0.2, 0.25) is 0 Å². The van der Waals surface area contributed by atoms with Gasteiger partial charge in [0.05, 0.1) is 19.3 Å². The van der Waals surface area contributed by atoms with Gasteiger partial charge in [-0.15, -0.1) is 10.2 Å². The van der Waals surface area contributed by atoms with E-state index in [2.05, 4.69) is 22.0 Å². The summed E-state index contributed by atoms with van der Waals surface area (Å²) in [6.07, 6.45) is 3.62. The molecule has 1 saturated heterocycles. The number of amides is 2. The average Bonchev–Trinajstić information content (AvgIpc) is 3.74. The van der Waals surface area contributed by atoms with E-state index in [1.54, 1.807) is 12.0 Å². The molecule has 1 aliphatic heterocycles. The molecule has 0 bridgehead atoms. The normalized spacial score (nSPS) is 17.1. The monoisotopic (exact) mass is 465 g/mol.